The maximum absolute atomic E-state index is 10.6. The van der Waals surface area contributed by atoms with E-state index in [1.807, 2.05) is 13.0 Å². The van der Waals surface area contributed by atoms with Gasteiger partial charge in [-0.15, -0.1) is 0 Å². The molecule has 2 unspecified atom stereocenters. The third kappa shape index (κ3) is 5.91. The lowest BCUT2D eigenvalue weighted by Crippen LogP contribution is -2.33. The number of phenols is 1. The van der Waals surface area contributed by atoms with Crippen LogP contribution in [0, 0.1) is 0 Å². The second-order valence-corrected chi connectivity index (χ2v) is 6.50. The minimum Gasteiger partial charge on any atom is -0.508 e. The summed E-state index contributed by atoms with van der Waals surface area (Å²) in [4.78, 5) is 10.6. The summed E-state index contributed by atoms with van der Waals surface area (Å²) >= 11 is 6.16. The molecule has 0 saturated heterocycles. The second kappa shape index (κ2) is 9.43. The maximum atomic E-state index is 10.6. The highest BCUT2D eigenvalue weighted by Gasteiger charge is 2.15. The average molecular weight is 379 g/mol. The Morgan fingerprint density at radius 1 is 1.19 bits per heavy atom. The molecule has 0 aromatic heterocycles. The van der Waals surface area contributed by atoms with E-state index in [-0.39, 0.29) is 18.3 Å². The van der Waals surface area contributed by atoms with Gasteiger partial charge in [0.05, 0.1) is 16.8 Å². The number of benzene rings is 2. The molecule has 0 aliphatic heterocycles. The van der Waals surface area contributed by atoms with Crippen LogP contribution in [0.15, 0.2) is 42.5 Å². The summed E-state index contributed by atoms with van der Waals surface area (Å²) < 4.78 is 0. The molecule has 0 heterocycles. The molecule has 0 radical (unpaired) electrons. The number of carboxylic acids is 1. The number of phenolic OH excluding ortho intramolecular Hbond substituents is 1. The first-order valence-electron chi connectivity index (χ1n) is 8.31. The van der Waals surface area contributed by atoms with Gasteiger partial charge in [0.15, 0.2) is 0 Å². The van der Waals surface area contributed by atoms with Crippen molar-refractivity contribution >= 4 is 23.3 Å². The number of halogens is 1. The van der Waals surface area contributed by atoms with Crippen molar-refractivity contribution < 1.29 is 20.1 Å². The van der Waals surface area contributed by atoms with Gasteiger partial charge in [0.1, 0.15) is 12.3 Å². The van der Waals surface area contributed by atoms with Crippen LogP contribution in [0.3, 0.4) is 0 Å². The smallest absolute Gasteiger partial charge is 0.322 e. The van der Waals surface area contributed by atoms with Gasteiger partial charge in [-0.2, -0.15) is 0 Å². The number of rotatable bonds is 9. The molecule has 2 aromatic rings. The van der Waals surface area contributed by atoms with Crippen molar-refractivity contribution in [3.05, 3.63) is 58.6 Å². The van der Waals surface area contributed by atoms with E-state index in [4.69, 9.17) is 16.7 Å². The van der Waals surface area contributed by atoms with E-state index in [1.165, 1.54) is 0 Å². The first-order chi connectivity index (χ1) is 12.4. The van der Waals surface area contributed by atoms with Gasteiger partial charge in [0.2, 0.25) is 0 Å². The molecule has 0 spiro atoms. The molecule has 7 heteroatoms. The summed E-state index contributed by atoms with van der Waals surface area (Å²) in [5.74, 6) is -0.782. The number of aliphatic hydroxyl groups excluding tert-OH is 1. The van der Waals surface area contributed by atoms with Crippen molar-refractivity contribution in [3.8, 4) is 5.75 Å². The number of hydrogen-bond donors (Lipinski definition) is 5. The quantitative estimate of drug-likeness (QED) is 0.460. The van der Waals surface area contributed by atoms with Crippen LogP contribution in [-0.2, 0) is 11.2 Å². The number of aliphatic carboxylic acids is 1. The summed E-state index contributed by atoms with van der Waals surface area (Å²) in [6.45, 7) is 2.35. The lowest BCUT2D eigenvalue weighted by molar-refractivity contribution is -0.134. The summed E-state index contributed by atoms with van der Waals surface area (Å²) in [7, 11) is 0. The van der Waals surface area contributed by atoms with Crippen LogP contribution in [0.5, 0.6) is 5.75 Å². The van der Waals surface area contributed by atoms with E-state index < -0.39 is 12.1 Å². The maximum Gasteiger partial charge on any atom is 0.322 e. The molecule has 2 aromatic carbocycles. The molecule has 0 bridgehead atoms. The van der Waals surface area contributed by atoms with Crippen LogP contribution in [-0.4, -0.2) is 40.4 Å². The molecule has 2 atom stereocenters. The van der Waals surface area contributed by atoms with E-state index in [0.29, 0.717) is 23.7 Å². The molecule has 0 fully saturated rings. The van der Waals surface area contributed by atoms with Gasteiger partial charge in [-0.25, -0.2) is 0 Å². The summed E-state index contributed by atoms with van der Waals surface area (Å²) in [6.07, 6.45) is 0.0350. The van der Waals surface area contributed by atoms with Crippen molar-refractivity contribution in [3.63, 3.8) is 0 Å². The molecule has 140 valence electrons. The van der Waals surface area contributed by atoms with Crippen molar-refractivity contribution in [2.75, 3.05) is 18.4 Å². The predicted molar refractivity (Wildman–Crippen MR) is 102 cm³/mol. The summed E-state index contributed by atoms with van der Waals surface area (Å²) in [5, 5.41) is 34.8. The molecule has 26 heavy (non-hydrogen) atoms. The zero-order valence-electron chi connectivity index (χ0n) is 14.4. The molecule has 0 saturated carbocycles. The fourth-order valence-electron chi connectivity index (χ4n) is 2.54. The summed E-state index contributed by atoms with van der Waals surface area (Å²) in [5.41, 5.74) is 2.33. The van der Waals surface area contributed by atoms with Gasteiger partial charge >= 0.3 is 5.97 Å². The number of carbonyl (C=O) groups is 1. The van der Waals surface area contributed by atoms with Crippen molar-refractivity contribution in [1.82, 2.24) is 5.32 Å². The Labute approximate surface area is 157 Å². The zero-order valence-corrected chi connectivity index (χ0v) is 15.2. The van der Waals surface area contributed by atoms with E-state index in [0.717, 1.165) is 11.1 Å². The van der Waals surface area contributed by atoms with Crippen LogP contribution >= 0.6 is 11.6 Å². The lowest BCUT2D eigenvalue weighted by Gasteiger charge is -2.21. The number of aromatic hydroxyl groups is 1. The first kappa shape index (κ1) is 20.0. The Morgan fingerprint density at radius 3 is 2.50 bits per heavy atom. The number of nitrogens with one attached hydrogen (secondary N) is 2. The number of anilines is 1. The molecule has 5 N–H and O–H groups in total. The van der Waals surface area contributed by atoms with E-state index in [1.54, 1.807) is 36.4 Å². The van der Waals surface area contributed by atoms with Crippen LogP contribution < -0.4 is 10.6 Å². The highest BCUT2D eigenvalue weighted by atomic mass is 35.5. The fraction of sp³-hybridized carbons (Fsp3) is 0.316. The highest BCUT2D eigenvalue weighted by Crippen LogP contribution is 2.23. The van der Waals surface area contributed by atoms with E-state index in [2.05, 4.69) is 10.6 Å². The van der Waals surface area contributed by atoms with E-state index >= 15 is 0 Å². The molecular formula is C19H23ClN2O4. The van der Waals surface area contributed by atoms with Crippen molar-refractivity contribution in [1.29, 1.82) is 0 Å². The fourth-order valence-corrected chi connectivity index (χ4v) is 2.81. The topological polar surface area (TPSA) is 102 Å². The Bertz CT molecular complexity index is 737. The zero-order chi connectivity index (χ0) is 19.1. The Kier molecular flexibility index (Phi) is 7.26. The third-order valence-corrected chi connectivity index (χ3v) is 4.36. The summed E-state index contributed by atoms with van der Waals surface area (Å²) in [6, 6.07) is 11.8. The Hall–Kier alpha value is -2.28. The highest BCUT2D eigenvalue weighted by molar-refractivity contribution is 6.33. The van der Waals surface area contributed by atoms with Crippen molar-refractivity contribution in [2.24, 2.45) is 0 Å². The van der Waals surface area contributed by atoms with Gasteiger partial charge in [0.25, 0.3) is 0 Å². The molecule has 0 aliphatic carbocycles. The van der Waals surface area contributed by atoms with Crippen LogP contribution in [0.25, 0.3) is 0 Å². The Morgan fingerprint density at radius 2 is 1.88 bits per heavy atom. The van der Waals surface area contributed by atoms with Crippen LogP contribution in [0.1, 0.15) is 24.2 Å². The van der Waals surface area contributed by atoms with Gasteiger partial charge in [0, 0.05) is 6.04 Å². The SMILES string of the molecule is CC(NCCc1ccc(NCC(=O)O)c(Cl)c1)C(O)c1ccc(O)cc1. The minimum atomic E-state index is -0.949. The predicted octanol–water partition coefficient (Wildman–Crippen LogP) is 2.80. The first-order valence-corrected chi connectivity index (χ1v) is 8.69. The van der Waals surface area contributed by atoms with Gasteiger partial charge in [-0.05, 0) is 55.3 Å². The monoisotopic (exact) mass is 378 g/mol. The third-order valence-electron chi connectivity index (χ3n) is 4.05. The van der Waals surface area contributed by atoms with Crippen LogP contribution in [0.2, 0.25) is 5.02 Å². The largest absolute Gasteiger partial charge is 0.508 e. The second-order valence-electron chi connectivity index (χ2n) is 6.09. The standard InChI is InChI=1S/C19H23ClN2O4/c1-12(19(26)14-3-5-15(23)6-4-14)21-9-8-13-2-7-17(16(20)10-13)22-11-18(24)25/h2-7,10,12,19,21-23,26H,8-9,11H2,1H3,(H,24,25). The Balaban J connectivity index is 1.83. The number of hydrogen-bond acceptors (Lipinski definition) is 5. The number of aliphatic hydroxyl groups is 1. The molecular weight excluding hydrogens is 356 g/mol. The van der Waals surface area contributed by atoms with E-state index in [9.17, 15) is 15.0 Å². The van der Waals surface area contributed by atoms with Gasteiger partial charge < -0.3 is 26.0 Å². The molecule has 6 nitrogen and oxygen atoms in total. The normalized spacial score (nSPS) is 13.2. The van der Waals surface area contributed by atoms with Crippen molar-refractivity contribution in [2.45, 2.75) is 25.5 Å². The van der Waals surface area contributed by atoms with Gasteiger partial charge in [-0.3, -0.25) is 4.79 Å². The lowest BCUT2D eigenvalue weighted by atomic mass is 10.0. The molecule has 2 rings (SSSR count). The average Bonchev–Trinajstić information content (AvgIpc) is 2.60. The van der Waals surface area contributed by atoms with Gasteiger partial charge in [-0.1, -0.05) is 29.8 Å². The van der Waals surface area contributed by atoms with Crippen LogP contribution in [0.4, 0.5) is 5.69 Å². The minimum absolute atomic E-state index is 0.161. The molecule has 0 amide bonds. The number of carboxylic acid groups (broad SMARTS) is 1. The molecule has 0 aliphatic rings.